The van der Waals surface area contributed by atoms with Gasteiger partial charge in [-0.2, -0.15) is 0 Å². The summed E-state index contributed by atoms with van der Waals surface area (Å²) in [4.78, 5) is 37.7. The molecule has 1 fully saturated rings. The first-order valence-electron chi connectivity index (χ1n) is 9.71. The summed E-state index contributed by atoms with van der Waals surface area (Å²) in [6.07, 6.45) is 0.443. The van der Waals surface area contributed by atoms with Crippen LogP contribution in [0.1, 0.15) is 39.9 Å². The lowest BCUT2D eigenvalue weighted by Gasteiger charge is -2.29. The van der Waals surface area contributed by atoms with Crippen LogP contribution in [0.4, 0.5) is 4.39 Å². The monoisotopic (exact) mass is 445 g/mol. The summed E-state index contributed by atoms with van der Waals surface area (Å²) in [6.45, 7) is 0.190. The minimum absolute atomic E-state index is 0.0598. The Morgan fingerprint density at radius 1 is 1.13 bits per heavy atom. The van der Waals surface area contributed by atoms with Gasteiger partial charge in [0.05, 0.1) is 5.75 Å². The van der Waals surface area contributed by atoms with E-state index in [1.165, 1.54) is 23.1 Å². The number of carbonyl (C=O) groups excluding carboxylic acids is 3. The number of piperidine rings is 1. The van der Waals surface area contributed by atoms with Crippen LogP contribution >= 0.6 is 0 Å². The third-order valence-electron chi connectivity index (χ3n) is 5.39. The molecule has 3 amide bonds. The van der Waals surface area contributed by atoms with Crippen molar-refractivity contribution in [2.24, 2.45) is 0 Å². The molecule has 4 rings (SSSR count). The molecule has 8 nitrogen and oxygen atoms in total. The normalized spacial score (nSPS) is 18.8. The summed E-state index contributed by atoms with van der Waals surface area (Å²) in [5, 5.41) is 2.25. The maximum Gasteiger partial charge on any atom is 0.255 e. The van der Waals surface area contributed by atoms with Crippen molar-refractivity contribution < 1.29 is 27.2 Å². The number of hydrogen-bond donors (Lipinski definition) is 2. The highest BCUT2D eigenvalue weighted by Gasteiger charge is 2.39. The van der Waals surface area contributed by atoms with E-state index in [0.717, 1.165) is 5.56 Å². The number of carbonyl (C=O) groups is 3. The first kappa shape index (κ1) is 21.1. The molecule has 0 aliphatic carbocycles. The fourth-order valence-corrected chi connectivity index (χ4v) is 4.91. The Labute approximate surface area is 178 Å². The molecule has 0 spiro atoms. The summed E-state index contributed by atoms with van der Waals surface area (Å²) in [6, 6.07) is 9.96. The van der Waals surface area contributed by atoms with Crippen LogP contribution < -0.4 is 10.0 Å². The lowest BCUT2D eigenvalue weighted by molar-refractivity contribution is -0.136. The van der Waals surface area contributed by atoms with E-state index in [1.54, 1.807) is 24.3 Å². The number of halogens is 1. The van der Waals surface area contributed by atoms with Crippen molar-refractivity contribution in [1.29, 1.82) is 0 Å². The molecule has 0 aromatic heterocycles. The predicted octanol–water partition coefficient (Wildman–Crippen LogP) is 1.21. The molecule has 1 unspecified atom stereocenters. The van der Waals surface area contributed by atoms with Gasteiger partial charge in [0.1, 0.15) is 11.9 Å². The Morgan fingerprint density at radius 3 is 2.65 bits per heavy atom. The Kier molecular flexibility index (Phi) is 5.59. The van der Waals surface area contributed by atoms with E-state index in [9.17, 15) is 27.2 Å². The molecule has 10 heteroatoms. The molecule has 1 atom stereocenters. The van der Waals surface area contributed by atoms with Gasteiger partial charge in [0, 0.05) is 30.6 Å². The third kappa shape index (κ3) is 4.49. The molecular formula is C21H20FN3O5S. The SMILES string of the molecule is O=C1CCC(N2Cc3ccc(CNS(=O)(=O)Cc4ccccc4F)cc3C2=O)C(=O)N1. The molecule has 2 N–H and O–H groups in total. The molecular weight excluding hydrogens is 425 g/mol. The molecule has 2 aliphatic heterocycles. The van der Waals surface area contributed by atoms with Crippen LogP contribution in [0.15, 0.2) is 42.5 Å². The second-order valence-electron chi connectivity index (χ2n) is 7.56. The lowest BCUT2D eigenvalue weighted by Crippen LogP contribution is -2.52. The van der Waals surface area contributed by atoms with Gasteiger partial charge in [-0.15, -0.1) is 0 Å². The second-order valence-corrected chi connectivity index (χ2v) is 9.37. The standard InChI is InChI=1S/C21H20FN3O5S/c22-17-4-2-1-3-15(17)12-31(29,30)23-10-13-5-6-14-11-25(21(28)16(14)9-13)18-7-8-19(26)24-20(18)27/h1-6,9,18,23H,7-8,10-12H2,(H,24,26,27). The van der Waals surface area contributed by atoms with Crippen molar-refractivity contribution in [2.75, 3.05) is 0 Å². The van der Waals surface area contributed by atoms with E-state index >= 15 is 0 Å². The zero-order valence-electron chi connectivity index (χ0n) is 16.4. The van der Waals surface area contributed by atoms with Crippen molar-refractivity contribution in [1.82, 2.24) is 14.9 Å². The number of rotatable bonds is 6. The summed E-state index contributed by atoms with van der Waals surface area (Å²) in [5.41, 5.74) is 1.76. The van der Waals surface area contributed by atoms with Gasteiger partial charge in [0.15, 0.2) is 0 Å². The van der Waals surface area contributed by atoms with Gasteiger partial charge in [0.2, 0.25) is 21.8 Å². The summed E-state index contributed by atoms with van der Waals surface area (Å²) in [7, 11) is -3.79. The van der Waals surface area contributed by atoms with Gasteiger partial charge in [-0.25, -0.2) is 17.5 Å². The number of benzene rings is 2. The van der Waals surface area contributed by atoms with E-state index in [-0.39, 0.29) is 43.3 Å². The zero-order chi connectivity index (χ0) is 22.2. The van der Waals surface area contributed by atoms with E-state index in [0.29, 0.717) is 11.1 Å². The molecule has 0 saturated carbocycles. The van der Waals surface area contributed by atoms with Gasteiger partial charge in [-0.3, -0.25) is 19.7 Å². The van der Waals surface area contributed by atoms with Crippen LogP contribution in [-0.2, 0) is 38.5 Å². The number of fused-ring (bicyclic) bond motifs is 1. The third-order valence-corrected chi connectivity index (χ3v) is 6.67. The van der Waals surface area contributed by atoms with Crippen molar-refractivity contribution >= 4 is 27.7 Å². The molecule has 0 radical (unpaired) electrons. The van der Waals surface area contributed by atoms with Crippen molar-refractivity contribution in [3.8, 4) is 0 Å². The molecule has 162 valence electrons. The fourth-order valence-electron chi connectivity index (χ4n) is 3.78. The number of nitrogens with one attached hydrogen (secondary N) is 2. The highest BCUT2D eigenvalue weighted by molar-refractivity contribution is 7.88. The quantitative estimate of drug-likeness (QED) is 0.649. The van der Waals surface area contributed by atoms with E-state index in [2.05, 4.69) is 10.0 Å². The van der Waals surface area contributed by atoms with Crippen LogP contribution in [0.25, 0.3) is 0 Å². The maximum atomic E-state index is 13.7. The highest BCUT2D eigenvalue weighted by atomic mass is 32.2. The van der Waals surface area contributed by atoms with Gasteiger partial charge in [0.25, 0.3) is 5.91 Å². The van der Waals surface area contributed by atoms with Crippen LogP contribution in [0.5, 0.6) is 0 Å². The smallest absolute Gasteiger partial charge is 0.255 e. The topological polar surface area (TPSA) is 113 Å². The molecule has 0 bridgehead atoms. The Balaban J connectivity index is 1.44. The number of imide groups is 1. The Morgan fingerprint density at radius 2 is 1.90 bits per heavy atom. The predicted molar refractivity (Wildman–Crippen MR) is 108 cm³/mol. The van der Waals surface area contributed by atoms with Crippen molar-refractivity contribution in [3.05, 3.63) is 70.5 Å². The molecule has 2 aromatic rings. The van der Waals surface area contributed by atoms with Crippen LogP contribution in [-0.4, -0.2) is 37.1 Å². The average Bonchev–Trinajstić information content (AvgIpc) is 3.04. The first-order chi connectivity index (χ1) is 14.7. The van der Waals surface area contributed by atoms with Gasteiger partial charge in [-0.1, -0.05) is 30.3 Å². The maximum absolute atomic E-state index is 13.7. The van der Waals surface area contributed by atoms with E-state index < -0.39 is 33.5 Å². The van der Waals surface area contributed by atoms with E-state index in [4.69, 9.17) is 0 Å². The average molecular weight is 445 g/mol. The summed E-state index contributed by atoms with van der Waals surface area (Å²) in [5.74, 6) is -2.26. The summed E-state index contributed by atoms with van der Waals surface area (Å²) >= 11 is 0. The molecule has 1 saturated heterocycles. The fraction of sp³-hybridized carbons (Fsp3) is 0.286. The number of nitrogens with zero attached hydrogens (tertiary/aromatic N) is 1. The molecule has 2 aromatic carbocycles. The second kappa shape index (κ2) is 8.20. The first-order valence-corrected chi connectivity index (χ1v) is 11.4. The minimum atomic E-state index is -3.79. The molecule has 2 heterocycles. The summed E-state index contributed by atoms with van der Waals surface area (Å²) < 4.78 is 40.8. The minimum Gasteiger partial charge on any atom is -0.322 e. The number of hydrogen-bond acceptors (Lipinski definition) is 5. The van der Waals surface area contributed by atoms with E-state index in [1.807, 2.05) is 0 Å². The van der Waals surface area contributed by atoms with Crippen LogP contribution in [0, 0.1) is 5.82 Å². The van der Waals surface area contributed by atoms with Gasteiger partial charge in [-0.05, 0) is 29.7 Å². The lowest BCUT2D eigenvalue weighted by atomic mass is 10.0. The Bertz CT molecular complexity index is 1180. The number of sulfonamides is 1. The number of amides is 3. The zero-order valence-corrected chi connectivity index (χ0v) is 17.2. The van der Waals surface area contributed by atoms with Crippen LogP contribution in [0.2, 0.25) is 0 Å². The Hall–Kier alpha value is -3.11. The molecule has 31 heavy (non-hydrogen) atoms. The van der Waals surface area contributed by atoms with Crippen molar-refractivity contribution in [2.45, 2.75) is 37.7 Å². The van der Waals surface area contributed by atoms with Crippen molar-refractivity contribution in [3.63, 3.8) is 0 Å². The van der Waals surface area contributed by atoms with Crippen LogP contribution in [0.3, 0.4) is 0 Å². The largest absolute Gasteiger partial charge is 0.322 e. The highest BCUT2D eigenvalue weighted by Crippen LogP contribution is 2.28. The van der Waals surface area contributed by atoms with Gasteiger partial charge >= 0.3 is 0 Å². The molecule has 2 aliphatic rings. The van der Waals surface area contributed by atoms with Gasteiger partial charge < -0.3 is 4.90 Å².